The highest BCUT2D eigenvalue weighted by atomic mass is 16.5. The molecule has 0 radical (unpaired) electrons. The zero-order valence-electron chi connectivity index (χ0n) is 12.1. The number of hydrogen-bond donors (Lipinski definition) is 1. The van der Waals surface area contributed by atoms with Crippen LogP contribution in [0.2, 0.25) is 0 Å². The van der Waals surface area contributed by atoms with Gasteiger partial charge in [-0.1, -0.05) is 35.0 Å². The molecule has 106 valence electrons. The van der Waals surface area contributed by atoms with Gasteiger partial charge in [0.2, 0.25) is 5.89 Å². The molecule has 1 N–H and O–H groups in total. The molecule has 0 atom stereocenters. The standard InChI is InChI=1S/C16H21N3O/c1-11-4-3-5-13(8-11)14-9-15(10-14)17-7-6-16-18-12(2)20-19-16/h3-5,8,14-15,17H,6-7,9-10H2,1-2H3. The molecule has 3 rings (SSSR count). The number of hydrogen-bond acceptors (Lipinski definition) is 4. The minimum Gasteiger partial charge on any atom is -0.340 e. The predicted octanol–water partition coefficient (Wildman–Crippen LogP) is 2.76. The molecule has 1 heterocycles. The second-order valence-corrected chi connectivity index (χ2v) is 5.71. The normalized spacial score (nSPS) is 21.7. The molecule has 1 saturated carbocycles. The van der Waals surface area contributed by atoms with Gasteiger partial charge in [-0.25, -0.2) is 0 Å². The third-order valence-corrected chi connectivity index (χ3v) is 4.00. The summed E-state index contributed by atoms with van der Waals surface area (Å²) in [6.07, 6.45) is 3.30. The van der Waals surface area contributed by atoms with Crippen LogP contribution in [-0.4, -0.2) is 22.7 Å². The van der Waals surface area contributed by atoms with Crippen LogP contribution in [0.1, 0.15) is 41.6 Å². The summed E-state index contributed by atoms with van der Waals surface area (Å²) in [7, 11) is 0. The lowest BCUT2D eigenvalue weighted by atomic mass is 9.75. The van der Waals surface area contributed by atoms with Crippen LogP contribution >= 0.6 is 0 Å². The van der Waals surface area contributed by atoms with Crippen LogP contribution < -0.4 is 5.32 Å². The maximum Gasteiger partial charge on any atom is 0.223 e. The Morgan fingerprint density at radius 1 is 1.30 bits per heavy atom. The zero-order valence-corrected chi connectivity index (χ0v) is 12.1. The van der Waals surface area contributed by atoms with Crippen molar-refractivity contribution in [1.29, 1.82) is 0 Å². The first-order chi connectivity index (χ1) is 9.70. The summed E-state index contributed by atoms with van der Waals surface area (Å²) in [5.74, 6) is 2.16. The summed E-state index contributed by atoms with van der Waals surface area (Å²) >= 11 is 0. The molecule has 4 heteroatoms. The van der Waals surface area contributed by atoms with Crippen molar-refractivity contribution in [1.82, 2.24) is 15.5 Å². The van der Waals surface area contributed by atoms with E-state index in [1.54, 1.807) is 0 Å². The van der Waals surface area contributed by atoms with Crippen molar-refractivity contribution < 1.29 is 4.52 Å². The van der Waals surface area contributed by atoms with Crippen LogP contribution in [0.3, 0.4) is 0 Å². The van der Waals surface area contributed by atoms with Gasteiger partial charge in [-0.15, -0.1) is 0 Å². The number of rotatable bonds is 5. The number of aryl methyl sites for hydroxylation is 2. The van der Waals surface area contributed by atoms with Crippen LogP contribution in [0.5, 0.6) is 0 Å². The van der Waals surface area contributed by atoms with Gasteiger partial charge in [0.15, 0.2) is 5.82 Å². The Bertz CT molecular complexity index is 573. The summed E-state index contributed by atoms with van der Waals surface area (Å²) < 4.78 is 4.96. The predicted molar refractivity (Wildman–Crippen MR) is 77.7 cm³/mol. The smallest absolute Gasteiger partial charge is 0.223 e. The van der Waals surface area contributed by atoms with E-state index in [-0.39, 0.29) is 0 Å². The summed E-state index contributed by atoms with van der Waals surface area (Å²) in [5, 5.41) is 7.47. The number of nitrogens with one attached hydrogen (secondary N) is 1. The quantitative estimate of drug-likeness (QED) is 0.908. The van der Waals surface area contributed by atoms with Crippen LogP contribution in [0, 0.1) is 13.8 Å². The molecule has 20 heavy (non-hydrogen) atoms. The second kappa shape index (κ2) is 5.75. The van der Waals surface area contributed by atoms with E-state index in [2.05, 4.69) is 46.6 Å². The summed E-state index contributed by atoms with van der Waals surface area (Å²) in [4.78, 5) is 4.21. The lowest BCUT2D eigenvalue weighted by Gasteiger charge is -2.36. The Morgan fingerprint density at radius 3 is 2.85 bits per heavy atom. The average molecular weight is 271 g/mol. The molecule has 4 nitrogen and oxygen atoms in total. The minimum atomic E-state index is 0.633. The van der Waals surface area contributed by atoms with Crippen LogP contribution in [0.25, 0.3) is 0 Å². The minimum absolute atomic E-state index is 0.633. The first-order valence-corrected chi connectivity index (χ1v) is 7.30. The number of aromatic nitrogens is 2. The van der Waals surface area contributed by atoms with Gasteiger partial charge in [0.05, 0.1) is 0 Å². The van der Waals surface area contributed by atoms with Gasteiger partial charge >= 0.3 is 0 Å². The highest BCUT2D eigenvalue weighted by molar-refractivity contribution is 5.27. The Morgan fingerprint density at radius 2 is 2.15 bits per heavy atom. The molecule has 2 aromatic rings. The monoisotopic (exact) mass is 271 g/mol. The molecule has 0 unspecified atom stereocenters. The Hall–Kier alpha value is -1.68. The highest BCUT2D eigenvalue weighted by Gasteiger charge is 2.29. The molecule has 1 fully saturated rings. The van der Waals surface area contributed by atoms with Gasteiger partial charge in [0.25, 0.3) is 0 Å². The van der Waals surface area contributed by atoms with Crippen molar-refractivity contribution in [2.45, 2.75) is 45.1 Å². The van der Waals surface area contributed by atoms with Gasteiger partial charge in [-0.3, -0.25) is 0 Å². The van der Waals surface area contributed by atoms with E-state index in [1.165, 1.54) is 24.0 Å². The molecule has 0 amide bonds. The molecule has 1 aromatic heterocycles. The van der Waals surface area contributed by atoms with Crippen molar-refractivity contribution in [3.05, 3.63) is 47.1 Å². The summed E-state index contributed by atoms with van der Waals surface area (Å²) in [5.41, 5.74) is 2.84. The topological polar surface area (TPSA) is 51.0 Å². The fourth-order valence-electron chi connectivity index (χ4n) is 2.81. The second-order valence-electron chi connectivity index (χ2n) is 5.71. The first-order valence-electron chi connectivity index (χ1n) is 7.30. The van der Waals surface area contributed by atoms with Gasteiger partial charge in [0, 0.05) is 25.9 Å². The average Bonchev–Trinajstić information content (AvgIpc) is 2.78. The largest absolute Gasteiger partial charge is 0.340 e. The lowest BCUT2D eigenvalue weighted by Crippen LogP contribution is -2.41. The summed E-state index contributed by atoms with van der Waals surface area (Å²) in [6.45, 7) is 4.90. The highest BCUT2D eigenvalue weighted by Crippen LogP contribution is 2.36. The maximum atomic E-state index is 4.96. The van der Waals surface area contributed by atoms with Crippen LogP contribution in [-0.2, 0) is 6.42 Å². The molecule has 0 saturated heterocycles. The molecular weight excluding hydrogens is 250 g/mol. The van der Waals surface area contributed by atoms with E-state index in [0.29, 0.717) is 11.9 Å². The Balaban J connectivity index is 1.40. The van der Waals surface area contributed by atoms with Crippen molar-refractivity contribution in [2.75, 3.05) is 6.54 Å². The van der Waals surface area contributed by atoms with Crippen molar-refractivity contribution in [3.63, 3.8) is 0 Å². The third kappa shape index (κ3) is 3.07. The Kier molecular flexibility index (Phi) is 3.83. The molecule has 1 aliphatic rings. The van der Waals surface area contributed by atoms with Gasteiger partial charge in [-0.2, -0.15) is 4.98 Å². The van der Waals surface area contributed by atoms with Crippen molar-refractivity contribution in [2.24, 2.45) is 0 Å². The molecule has 0 aliphatic heterocycles. The molecule has 0 spiro atoms. The zero-order chi connectivity index (χ0) is 13.9. The van der Waals surface area contributed by atoms with E-state index >= 15 is 0 Å². The van der Waals surface area contributed by atoms with E-state index in [1.807, 2.05) is 6.92 Å². The molecule has 1 aliphatic carbocycles. The van der Waals surface area contributed by atoms with Crippen LogP contribution in [0.4, 0.5) is 0 Å². The SMILES string of the molecule is Cc1cccc(C2CC(NCCc3noc(C)n3)C2)c1. The third-order valence-electron chi connectivity index (χ3n) is 4.00. The van der Waals surface area contributed by atoms with Crippen LogP contribution in [0.15, 0.2) is 28.8 Å². The van der Waals surface area contributed by atoms with Crippen molar-refractivity contribution >= 4 is 0 Å². The van der Waals surface area contributed by atoms with E-state index in [4.69, 9.17) is 4.52 Å². The van der Waals surface area contributed by atoms with Gasteiger partial charge in [-0.05, 0) is 31.2 Å². The Labute approximate surface area is 119 Å². The first kappa shape index (κ1) is 13.3. The van der Waals surface area contributed by atoms with Gasteiger partial charge in [0.1, 0.15) is 0 Å². The van der Waals surface area contributed by atoms with E-state index in [0.717, 1.165) is 24.7 Å². The summed E-state index contributed by atoms with van der Waals surface area (Å²) in [6, 6.07) is 9.50. The van der Waals surface area contributed by atoms with Crippen molar-refractivity contribution in [3.8, 4) is 0 Å². The fraction of sp³-hybridized carbons (Fsp3) is 0.500. The number of nitrogens with zero attached hydrogens (tertiary/aromatic N) is 2. The van der Waals surface area contributed by atoms with E-state index in [9.17, 15) is 0 Å². The van der Waals surface area contributed by atoms with E-state index < -0.39 is 0 Å². The fourth-order valence-corrected chi connectivity index (χ4v) is 2.81. The lowest BCUT2D eigenvalue weighted by molar-refractivity contribution is 0.291. The van der Waals surface area contributed by atoms with Gasteiger partial charge < -0.3 is 9.84 Å². The number of benzene rings is 1. The maximum absolute atomic E-state index is 4.96. The molecule has 1 aromatic carbocycles. The molecular formula is C16H21N3O. The molecule has 0 bridgehead atoms.